The van der Waals surface area contributed by atoms with Crippen molar-refractivity contribution in [3.05, 3.63) is 47.9 Å². The molecule has 1 amide bonds. The number of hydrogen-bond acceptors (Lipinski definition) is 9. The zero-order valence-electron chi connectivity index (χ0n) is 17.6. The molecule has 1 heterocycles. The highest BCUT2D eigenvalue weighted by atomic mass is 32.2. The van der Waals surface area contributed by atoms with Gasteiger partial charge in [0.05, 0.1) is 46.3 Å². The Morgan fingerprint density at radius 3 is 2.39 bits per heavy atom. The number of benzene rings is 2. The Kier molecular flexibility index (Phi) is 7.60. The minimum Gasteiger partial charge on any atom is -0.497 e. The average molecular weight is 445 g/mol. The third kappa shape index (κ3) is 5.82. The van der Waals surface area contributed by atoms with E-state index in [1.165, 1.54) is 7.11 Å². The van der Waals surface area contributed by atoms with E-state index in [1.54, 1.807) is 39.5 Å². The van der Waals surface area contributed by atoms with Gasteiger partial charge in [0.15, 0.2) is 11.5 Å². The second-order valence-electron chi connectivity index (χ2n) is 6.23. The van der Waals surface area contributed by atoms with Gasteiger partial charge in [-0.25, -0.2) is 0 Å². The lowest BCUT2D eigenvalue weighted by molar-refractivity contribution is -0.113. The molecular weight excluding hydrogens is 422 g/mol. The lowest BCUT2D eigenvalue weighted by atomic mass is 10.1. The molecule has 0 bridgehead atoms. The van der Waals surface area contributed by atoms with E-state index in [4.69, 9.17) is 23.4 Å². The Morgan fingerprint density at radius 2 is 1.68 bits per heavy atom. The molecule has 31 heavy (non-hydrogen) atoms. The monoisotopic (exact) mass is 445 g/mol. The van der Waals surface area contributed by atoms with E-state index in [2.05, 4.69) is 15.5 Å². The second kappa shape index (κ2) is 10.6. The fourth-order valence-corrected chi connectivity index (χ4v) is 3.34. The van der Waals surface area contributed by atoms with Crippen LogP contribution in [0.15, 0.2) is 46.0 Å². The number of rotatable bonds is 10. The lowest BCUT2D eigenvalue weighted by Gasteiger charge is -2.11. The molecule has 0 spiro atoms. The normalized spacial score (nSPS) is 10.5. The molecule has 3 aromatic rings. The summed E-state index contributed by atoms with van der Waals surface area (Å²) >= 11 is 1.15. The summed E-state index contributed by atoms with van der Waals surface area (Å²) < 4.78 is 26.6. The molecule has 0 radical (unpaired) electrons. The van der Waals surface area contributed by atoms with Crippen molar-refractivity contribution >= 4 is 23.4 Å². The first-order valence-electron chi connectivity index (χ1n) is 9.24. The van der Waals surface area contributed by atoms with Crippen molar-refractivity contribution in [2.45, 2.75) is 11.6 Å². The zero-order valence-corrected chi connectivity index (χ0v) is 18.4. The Balaban J connectivity index is 1.57. The quantitative estimate of drug-likeness (QED) is 0.470. The molecule has 164 valence electrons. The van der Waals surface area contributed by atoms with Crippen molar-refractivity contribution in [1.29, 1.82) is 0 Å². The van der Waals surface area contributed by atoms with Gasteiger partial charge in [-0.3, -0.25) is 4.79 Å². The summed E-state index contributed by atoms with van der Waals surface area (Å²) in [6.07, 6.45) is 0.432. The number of nitrogens with zero attached hydrogens (tertiary/aromatic N) is 2. The van der Waals surface area contributed by atoms with Crippen LogP contribution in [0.1, 0.15) is 11.5 Å². The summed E-state index contributed by atoms with van der Waals surface area (Å²) in [7, 11) is 6.25. The van der Waals surface area contributed by atoms with Gasteiger partial charge in [0.2, 0.25) is 11.8 Å². The van der Waals surface area contributed by atoms with Crippen LogP contribution in [0.2, 0.25) is 0 Å². The number of carbonyl (C=O) groups excluding carboxylic acids is 1. The van der Waals surface area contributed by atoms with Gasteiger partial charge in [0, 0.05) is 6.07 Å². The van der Waals surface area contributed by atoms with Crippen LogP contribution >= 0.6 is 11.8 Å². The molecule has 0 aliphatic heterocycles. The molecule has 0 aliphatic carbocycles. The molecule has 1 aromatic heterocycles. The number of ether oxygens (including phenoxy) is 4. The number of methoxy groups -OCH3 is 4. The number of anilines is 1. The van der Waals surface area contributed by atoms with Gasteiger partial charge in [0.25, 0.3) is 5.22 Å². The van der Waals surface area contributed by atoms with Crippen LogP contribution in [0.4, 0.5) is 5.69 Å². The first kappa shape index (κ1) is 22.3. The van der Waals surface area contributed by atoms with Crippen molar-refractivity contribution in [2.75, 3.05) is 39.5 Å². The van der Waals surface area contributed by atoms with Crippen LogP contribution in [-0.2, 0) is 11.2 Å². The molecule has 0 atom stereocenters. The first-order chi connectivity index (χ1) is 15.1. The predicted molar refractivity (Wildman–Crippen MR) is 116 cm³/mol. The van der Waals surface area contributed by atoms with E-state index < -0.39 is 0 Å². The second-order valence-corrected chi connectivity index (χ2v) is 7.16. The average Bonchev–Trinajstić information content (AvgIpc) is 3.24. The van der Waals surface area contributed by atoms with Crippen LogP contribution in [0.3, 0.4) is 0 Å². The molecule has 3 rings (SSSR count). The first-order valence-corrected chi connectivity index (χ1v) is 10.2. The highest BCUT2D eigenvalue weighted by molar-refractivity contribution is 7.99. The molecule has 0 unspecified atom stereocenters. The maximum atomic E-state index is 12.3. The van der Waals surface area contributed by atoms with Crippen LogP contribution in [0, 0.1) is 0 Å². The number of nitrogens with one attached hydrogen (secondary N) is 1. The van der Waals surface area contributed by atoms with Gasteiger partial charge in [0.1, 0.15) is 11.5 Å². The summed E-state index contributed by atoms with van der Waals surface area (Å²) in [4.78, 5) is 12.3. The Bertz CT molecular complexity index is 1040. The van der Waals surface area contributed by atoms with Crippen molar-refractivity contribution < 1.29 is 28.2 Å². The largest absolute Gasteiger partial charge is 0.497 e. The number of thioether (sulfide) groups is 1. The Hall–Kier alpha value is -3.40. The van der Waals surface area contributed by atoms with Crippen molar-refractivity contribution in [2.24, 2.45) is 0 Å². The number of aromatic nitrogens is 2. The molecule has 0 saturated carbocycles. The van der Waals surface area contributed by atoms with Gasteiger partial charge >= 0.3 is 0 Å². The van der Waals surface area contributed by atoms with Crippen LogP contribution in [-0.4, -0.2) is 50.3 Å². The van der Waals surface area contributed by atoms with E-state index in [1.807, 2.05) is 18.2 Å². The fourth-order valence-electron chi connectivity index (χ4n) is 2.76. The van der Waals surface area contributed by atoms with Gasteiger partial charge in [-0.05, 0) is 29.8 Å². The minimum absolute atomic E-state index is 0.0956. The van der Waals surface area contributed by atoms with Gasteiger partial charge in [-0.1, -0.05) is 17.8 Å². The summed E-state index contributed by atoms with van der Waals surface area (Å²) in [5.74, 6) is 2.71. The van der Waals surface area contributed by atoms with E-state index in [-0.39, 0.29) is 11.7 Å². The zero-order chi connectivity index (χ0) is 22.2. The summed E-state index contributed by atoms with van der Waals surface area (Å²) in [5.41, 5.74) is 1.45. The van der Waals surface area contributed by atoms with E-state index in [0.717, 1.165) is 17.3 Å². The van der Waals surface area contributed by atoms with E-state index in [9.17, 15) is 4.79 Å². The van der Waals surface area contributed by atoms with Crippen molar-refractivity contribution in [3.63, 3.8) is 0 Å². The van der Waals surface area contributed by atoms with Gasteiger partial charge in [-0.2, -0.15) is 0 Å². The van der Waals surface area contributed by atoms with E-state index in [0.29, 0.717) is 46.2 Å². The molecule has 2 aromatic carbocycles. The minimum atomic E-state index is -0.240. The highest BCUT2D eigenvalue weighted by Gasteiger charge is 2.14. The Morgan fingerprint density at radius 1 is 0.935 bits per heavy atom. The van der Waals surface area contributed by atoms with Crippen LogP contribution in [0.5, 0.6) is 23.0 Å². The molecule has 0 aliphatic rings. The maximum Gasteiger partial charge on any atom is 0.277 e. The molecule has 0 fully saturated rings. The predicted octanol–water partition coefficient (Wildman–Crippen LogP) is 3.43. The number of hydrogen-bond donors (Lipinski definition) is 1. The van der Waals surface area contributed by atoms with Crippen LogP contribution in [0.25, 0.3) is 0 Å². The molecule has 10 heteroatoms. The van der Waals surface area contributed by atoms with Crippen LogP contribution < -0.4 is 24.3 Å². The smallest absolute Gasteiger partial charge is 0.277 e. The number of carbonyl (C=O) groups is 1. The van der Waals surface area contributed by atoms with Crippen molar-refractivity contribution in [1.82, 2.24) is 10.2 Å². The Labute approximate surface area is 184 Å². The standard InChI is InChI=1S/C21H23N3O6S/c1-26-14-6-8-16(27-2)15(11-14)22-19(25)12-31-21-24-23-20(30-21)10-13-5-7-17(28-3)18(9-13)29-4/h5-9,11H,10,12H2,1-4H3,(H,22,25). The summed E-state index contributed by atoms with van der Waals surface area (Å²) in [6.45, 7) is 0. The van der Waals surface area contributed by atoms with Gasteiger partial charge in [-0.15, -0.1) is 10.2 Å². The van der Waals surface area contributed by atoms with E-state index >= 15 is 0 Å². The third-order valence-electron chi connectivity index (χ3n) is 4.26. The molecule has 9 nitrogen and oxygen atoms in total. The number of amides is 1. The lowest BCUT2D eigenvalue weighted by Crippen LogP contribution is -2.14. The molecule has 1 N–H and O–H groups in total. The SMILES string of the molecule is COc1ccc(OC)c(NC(=O)CSc2nnc(Cc3ccc(OC)c(OC)c3)o2)c1. The topological polar surface area (TPSA) is 105 Å². The summed E-state index contributed by atoms with van der Waals surface area (Å²) in [5, 5.41) is 11.1. The maximum absolute atomic E-state index is 12.3. The summed E-state index contributed by atoms with van der Waals surface area (Å²) in [6, 6.07) is 10.7. The molecule has 0 saturated heterocycles. The molecular formula is C21H23N3O6S. The fraction of sp³-hybridized carbons (Fsp3) is 0.286. The van der Waals surface area contributed by atoms with Gasteiger partial charge < -0.3 is 28.7 Å². The van der Waals surface area contributed by atoms with Crippen molar-refractivity contribution in [3.8, 4) is 23.0 Å². The highest BCUT2D eigenvalue weighted by Crippen LogP contribution is 2.30. The third-order valence-corrected chi connectivity index (χ3v) is 5.08.